The molecule has 0 aromatic rings. The van der Waals surface area contributed by atoms with Gasteiger partial charge in [0.1, 0.15) is 98.7 Å². The van der Waals surface area contributed by atoms with E-state index >= 15 is 0 Å². The lowest BCUT2D eigenvalue weighted by molar-refractivity contribution is -0.360. The molecule has 0 radical (unpaired) electrons. The van der Waals surface area contributed by atoms with Crippen LogP contribution in [0.1, 0.15) is 297 Å². The van der Waals surface area contributed by atoms with Gasteiger partial charge in [-0.05, 0) is 44.9 Å². The quantitative estimate of drug-likeness (QED) is 0.00886. The van der Waals surface area contributed by atoms with Crippen LogP contribution >= 0.6 is 7.82 Å². The normalized spacial score (nSPS) is 27.8. The Hall–Kier alpha value is -2.30. The highest BCUT2D eigenvalue weighted by atomic mass is 31.2. The van der Waals surface area contributed by atoms with Crippen molar-refractivity contribution >= 4 is 25.7 Å². The third kappa shape index (κ3) is 37.6. The average Bonchev–Trinajstić information content (AvgIpc) is 0.764. The van der Waals surface area contributed by atoms with Gasteiger partial charge in [0.15, 0.2) is 18.7 Å². The van der Waals surface area contributed by atoms with Crippen molar-refractivity contribution in [3.8, 4) is 0 Å². The zero-order valence-corrected chi connectivity index (χ0v) is 60.3. The number of rotatable bonds is 59. The van der Waals surface area contributed by atoms with Gasteiger partial charge in [-0.15, -0.1) is 0 Å². The highest BCUT2D eigenvalue weighted by molar-refractivity contribution is 7.47. The third-order valence-electron chi connectivity index (χ3n) is 18.8. The summed E-state index contributed by atoms with van der Waals surface area (Å²) in [5.74, 6) is -1.99. The Balaban J connectivity index is 1.74. The van der Waals surface area contributed by atoms with Crippen LogP contribution in [0, 0.1) is 0 Å². The van der Waals surface area contributed by atoms with E-state index < -0.39 is 156 Å². The van der Waals surface area contributed by atoms with Crippen molar-refractivity contribution < 1.29 is 117 Å². The van der Waals surface area contributed by atoms with Crippen molar-refractivity contribution in [3.05, 3.63) is 12.2 Å². The summed E-state index contributed by atoms with van der Waals surface area (Å²) >= 11 is 0. The topological polar surface area (TPSA) is 374 Å². The summed E-state index contributed by atoms with van der Waals surface area (Å²) in [7, 11) is -5.69. The van der Waals surface area contributed by atoms with Crippen LogP contribution in [0.5, 0.6) is 0 Å². The average molecular weight is 1410 g/mol. The van der Waals surface area contributed by atoms with Crippen molar-refractivity contribution in [2.45, 2.75) is 401 Å². The summed E-state index contributed by atoms with van der Waals surface area (Å²) in [6.45, 7) is 3.44. The van der Waals surface area contributed by atoms with Crippen LogP contribution < -0.4 is 0 Å². The molecule has 0 amide bonds. The Bertz CT molecular complexity index is 2060. The molecule has 1 saturated carbocycles. The molecule has 0 aromatic carbocycles. The van der Waals surface area contributed by atoms with Crippen LogP contribution in [0.4, 0.5) is 0 Å². The van der Waals surface area contributed by atoms with E-state index in [1.807, 2.05) is 0 Å². The molecule has 11 N–H and O–H groups in total. The maximum absolute atomic E-state index is 14.3. The Labute approximate surface area is 580 Å². The van der Waals surface area contributed by atoms with Crippen LogP contribution in [0.25, 0.3) is 0 Å². The SMILES string of the molecule is CCCCCCCC/C=C\CCCCCC(=O)OCC1OC(OC2C(O)C(O)C(O)C(OC3OC(CO)C(O)C(O)C3O)C2OP(=O)(O)OCC(COC(=O)CCCCCCCCCCCCCCCC)OC(=O)CCCCCCCCCCCCCCCCC)C(O)C(O)C1O. The number of aliphatic hydroxyl groups excluding tert-OH is 10. The molecule has 0 aromatic heterocycles. The third-order valence-corrected chi connectivity index (χ3v) is 19.8. The van der Waals surface area contributed by atoms with Crippen molar-refractivity contribution in [1.29, 1.82) is 0 Å². The number of unbranched alkanes of at least 4 members (excludes halogenated alkanes) is 36. The largest absolute Gasteiger partial charge is 0.472 e. The molecule has 3 aliphatic rings. The Morgan fingerprint density at radius 3 is 1.12 bits per heavy atom. The molecule has 24 nitrogen and oxygen atoms in total. The molecule has 3 fully saturated rings. The maximum Gasteiger partial charge on any atom is 0.472 e. The second kappa shape index (κ2) is 54.4. The van der Waals surface area contributed by atoms with Gasteiger partial charge in [0.05, 0.1) is 13.2 Å². The summed E-state index contributed by atoms with van der Waals surface area (Å²) in [4.78, 5) is 51.0. The van der Waals surface area contributed by atoms with Crippen LogP contribution in [-0.4, -0.2) is 204 Å². The van der Waals surface area contributed by atoms with E-state index in [2.05, 4.69) is 32.9 Å². The van der Waals surface area contributed by atoms with E-state index in [-0.39, 0.29) is 19.3 Å². The zero-order chi connectivity index (χ0) is 71.1. The van der Waals surface area contributed by atoms with Gasteiger partial charge in [-0.3, -0.25) is 23.4 Å². The van der Waals surface area contributed by atoms with Crippen molar-refractivity contribution in [3.63, 3.8) is 0 Å². The number of ether oxygens (including phenoxy) is 7. The first-order chi connectivity index (χ1) is 46.8. The molecular formula is C72H133O24P. The van der Waals surface area contributed by atoms with Crippen LogP contribution in [0.3, 0.4) is 0 Å². The molecule has 570 valence electrons. The fourth-order valence-electron chi connectivity index (χ4n) is 12.6. The minimum Gasteiger partial charge on any atom is -0.463 e. The number of carbonyl (C=O) groups is 3. The molecule has 97 heavy (non-hydrogen) atoms. The zero-order valence-electron chi connectivity index (χ0n) is 59.4. The van der Waals surface area contributed by atoms with E-state index in [4.69, 9.17) is 42.2 Å². The lowest BCUT2D eigenvalue weighted by Gasteiger charge is -2.49. The van der Waals surface area contributed by atoms with Crippen LogP contribution in [0.15, 0.2) is 12.2 Å². The van der Waals surface area contributed by atoms with Gasteiger partial charge in [0.2, 0.25) is 0 Å². The van der Waals surface area contributed by atoms with E-state index in [9.17, 15) is 74.9 Å². The Kier molecular flexibility index (Phi) is 49.8. The van der Waals surface area contributed by atoms with Crippen LogP contribution in [-0.2, 0) is 61.2 Å². The molecule has 2 heterocycles. The number of hydrogen-bond donors (Lipinski definition) is 11. The molecule has 0 bridgehead atoms. The van der Waals surface area contributed by atoms with Gasteiger partial charge in [-0.2, -0.15) is 0 Å². The fourth-order valence-corrected chi connectivity index (χ4v) is 13.5. The van der Waals surface area contributed by atoms with E-state index in [0.29, 0.717) is 19.3 Å². The number of esters is 3. The number of allylic oxidation sites excluding steroid dienone is 2. The molecule has 1 aliphatic carbocycles. The summed E-state index contributed by atoms with van der Waals surface area (Å²) in [6.07, 6.45) is 12.8. The molecular weight excluding hydrogens is 1280 g/mol. The molecule has 18 unspecified atom stereocenters. The van der Waals surface area contributed by atoms with Crippen LogP contribution in [0.2, 0.25) is 0 Å². The van der Waals surface area contributed by atoms with Gasteiger partial charge < -0.3 is 89.1 Å². The standard InChI is InChI=1S/C72H133O24P/c1-4-7-10-13-16-19-22-25-27-30-33-36-39-42-45-48-58(76)91-53(50-88-56(74)46-43-40-37-34-32-29-26-23-20-17-14-11-8-5-2)51-90-97(86,87)96-70-68(94-71-66(84)61(79)59(77)54(49-73)92-71)64(82)63(81)65(83)69(70)95-72-67(85)62(80)60(78)55(93-72)52-89-57(75)47-44-41-38-35-31-28-24-21-18-15-12-9-6-3/h28,31,53-55,59-73,77-85H,4-27,29-30,32-52H2,1-3H3,(H,86,87)/b31-28-. The molecule has 2 aliphatic heterocycles. The van der Waals surface area contributed by atoms with Gasteiger partial charge >= 0.3 is 25.7 Å². The van der Waals surface area contributed by atoms with Gasteiger partial charge in [0, 0.05) is 19.3 Å². The first-order valence-electron chi connectivity index (χ1n) is 38.0. The Morgan fingerprint density at radius 1 is 0.392 bits per heavy atom. The maximum atomic E-state index is 14.3. The van der Waals surface area contributed by atoms with Gasteiger partial charge in [-0.1, -0.05) is 245 Å². The van der Waals surface area contributed by atoms with Gasteiger partial charge in [-0.25, -0.2) is 4.57 Å². The summed E-state index contributed by atoms with van der Waals surface area (Å²) in [5.41, 5.74) is 0. The first-order valence-corrected chi connectivity index (χ1v) is 39.5. The molecule has 25 heteroatoms. The van der Waals surface area contributed by atoms with Crippen molar-refractivity contribution in [2.24, 2.45) is 0 Å². The fraction of sp³-hybridized carbons (Fsp3) is 0.931. The lowest BCUT2D eigenvalue weighted by atomic mass is 9.84. The van der Waals surface area contributed by atoms with E-state index in [0.717, 1.165) is 89.9 Å². The molecule has 2 saturated heterocycles. The van der Waals surface area contributed by atoms with E-state index in [1.165, 1.54) is 148 Å². The monoisotopic (exact) mass is 1410 g/mol. The van der Waals surface area contributed by atoms with Crippen molar-refractivity contribution in [2.75, 3.05) is 26.4 Å². The Morgan fingerprint density at radius 2 is 0.722 bits per heavy atom. The highest BCUT2D eigenvalue weighted by Gasteiger charge is 2.58. The molecule has 3 rings (SSSR count). The first kappa shape index (κ1) is 88.9. The number of phosphoric ester groups is 1. The predicted molar refractivity (Wildman–Crippen MR) is 365 cm³/mol. The highest BCUT2D eigenvalue weighted by Crippen LogP contribution is 2.49. The summed E-state index contributed by atoms with van der Waals surface area (Å²) < 4.78 is 65.0. The smallest absolute Gasteiger partial charge is 0.463 e. The number of hydrogen-bond acceptors (Lipinski definition) is 23. The second-order valence-corrected chi connectivity index (χ2v) is 28.8. The minimum atomic E-state index is -5.69. The van der Waals surface area contributed by atoms with E-state index in [1.54, 1.807) is 0 Å². The summed E-state index contributed by atoms with van der Waals surface area (Å²) in [5, 5.41) is 110. The molecule has 18 atom stereocenters. The minimum absolute atomic E-state index is 0.00940. The van der Waals surface area contributed by atoms with Gasteiger partial charge in [0.25, 0.3) is 0 Å². The predicted octanol–water partition coefficient (Wildman–Crippen LogP) is 10.4. The summed E-state index contributed by atoms with van der Waals surface area (Å²) in [6, 6.07) is 0. The molecule has 0 spiro atoms. The number of phosphoric acid groups is 1. The second-order valence-electron chi connectivity index (χ2n) is 27.4. The lowest BCUT2D eigenvalue weighted by Crippen LogP contribution is -2.69. The van der Waals surface area contributed by atoms with Crippen molar-refractivity contribution in [1.82, 2.24) is 0 Å². The number of carbonyl (C=O) groups excluding carboxylic acids is 3. The number of aliphatic hydroxyl groups is 10.